The Morgan fingerprint density at radius 2 is 1.52 bits per heavy atom. The maximum atomic E-state index is 11.8. The number of carbonyl (C=O) groups is 3. The summed E-state index contributed by atoms with van der Waals surface area (Å²) in [6, 6.07) is 9.20. The number of cyclic esters (lactones) is 1. The van der Waals surface area contributed by atoms with Crippen molar-refractivity contribution >= 4 is 40.0 Å². The standard InChI is InChI=1S/C16H9BrO4.2C2H4O2.2Hg/c17-11-3-1-10(2-4-11)16(8-7-15(20)21-16)13-6-5-12(18)9-14(13)19;2*1-2(3)4;;/h1-4,6-8,18-19H;2*1H3,(H,3,4);;/q;;;2*+1/p-2. The molecule has 1 aliphatic rings. The first-order valence-corrected chi connectivity index (χ1v) is 14.9. The van der Waals surface area contributed by atoms with Crippen LogP contribution in [0, 0.1) is 0 Å². The molecule has 0 spiro atoms. The number of phenols is 2. The van der Waals surface area contributed by atoms with Crippen LogP contribution >= 0.6 is 15.9 Å². The van der Waals surface area contributed by atoms with Crippen LogP contribution in [0.25, 0.3) is 0 Å². The van der Waals surface area contributed by atoms with Crippen LogP contribution in [0.15, 0.2) is 47.0 Å². The normalized spacial score (nSPS) is 16.4. The summed E-state index contributed by atoms with van der Waals surface area (Å²) in [6.45, 7) is 1.94. The molecule has 31 heavy (non-hydrogen) atoms. The number of carboxylic acid groups (broad SMARTS) is 2. The molecule has 0 amide bonds. The molecule has 0 radical (unpaired) electrons. The first kappa shape index (κ1) is 27.6. The molecular weight excluding hydrogens is 849 g/mol. The summed E-state index contributed by atoms with van der Waals surface area (Å²) in [5.41, 5.74) is 0.136. The van der Waals surface area contributed by atoms with Gasteiger partial charge in [0.25, 0.3) is 0 Å². The summed E-state index contributed by atoms with van der Waals surface area (Å²) < 4.78 is 7.98. The number of aromatic hydroxyl groups is 2. The van der Waals surface area contributed by atoms with Gasteiger partial charge in [0.2, 0.25) is 0 Å². The van der Waals surface area contributed by atoms with Crippen molar-refractivity contribution in [1.82, 2.24) is 0 Å². The van der Waals surface area contributed by atoms with Crippen molar-refractivity contribution < 1.29 is 91.8 Å². The van der Waals surface area contributed by atoms with Crippen molar-refractivity contribution in [3.63, 3.8) is 0 Å². The Labute approximate surface area is 219 Å². The number of carbonyl (C=O) groups excluding carboxylic acids is 3. The number of rotatable bonds is 2. The molecule has 0 saturated heterocycles. The van der Waals surface area contributed by atoms with Crippen molar-refractivity contribution in [3.05, 3.63) is 58.1 Å². The Bertz CT molecular complexity index is 1000. The van der Waals surface area contributed by atoms with Crippen LogP contribution in [-0.4, -0.2) is 28.1 Å². The van der Waals surface area contributed by atoms with E-state index in [2.05, 4.69) is 15.9 Å². The Morgan fingerprint density at radius 3 is 1.94 bits per heavy atom. The van der Waals surface area contributed by atoms with E-state index in [0.29, 0.717) is 8.64 Å². The van der Waals surface area contributed by atoms with E-state index >= 15 is 0 Å². The van der Waals surface area contributed by atoms with Crippen LogP contribution in [-0.2, 0) is 77.0 Å². The van der Waals surface area contributed by atoms with Gasteiger partial charge in [-0.15, -0.1) is 0 Å². The second-order valence-corrected chi connectivity index (χ2v) is 12.9. The van der Waals surface area contributed by atoms with E-state index < -0.39 is 23.5 Å². The van der Waals surface area contributed by atoms with E-state index in [9.17, 15) is 15.0 Å². The van der Waals surface area contributed by atoms with Gasteiger partial charge in [-0.2, -0.15) is 0 Å². The number of hydrogen-bond acceptors (Lipinski definition) is 8. The Balaban J connectivity index is 0.000000519. The zero-order chi connectivity index (χ0) is 23.9. The van der Waals surface area contributed by atoms with Crippen LogP contribution in [0.1, 0.15) is 25.0 Å². The molecule has 0 aliphatic carbocycles. The monoisotopic (exact) mass is 866 g/mol. The zero-order valence-electron chi connectivity index (χ0n) is 16.7. The number of hydrogen-bond donors (Lipinski definition) is 2. The number of carboxylic acids is 2. The van der Waals surface area contributed by atoms with E-state index in [-0.39, 0.29) is 63.7 Å². The first-order chi connectivity index (χ1) is 14.3. The number of benzene rings is 2. The molecule has 1 atom stereocenters. The number of ether oxygens (including phenoxy) is 1. The van der Waals surface area contributed by atoms with E-state index in [1.54, 1.807) is 12.1 Å². The second-order valence-electron chi connectivity index (χ2n) is 6.24. The van der Waals surface area contributed by atoms with Gasteiger partial charge in [0.15, 0.2) is 0 Å². The van der Waals surface area contributed by atoms with Gasteiger partial charge in [0.05, 0.1) is 0 Å². The Kier molecular flexibility index (Phi) is 10.6. The molecule has 0 fully saturated rings. The van der Waals surface area contributed by atoms with Crippen molar-refractivity contribution in [2.24, 2.45) is 0 Å². The minimum atomic E-state index is -1.14. The molecule has 154 valence electrons. The van der Waals surface area contributed by atoms with Crippen LogP contribution in [0.2, 0.25) is 0 Å². The molecule has 0 aromatic heterocycles. The molecule has 0 bridgehead atoms. The predicted octanol–water partition coefficient (Wildman–Crippen LogP) is -0.926. The molecule has 1 unspecified atom stereocenters. The van der Waals surface area contributed by atoms with Gasteiger partial charge in [0, 0.05) is 11.9 Å². The van der Waals surface area contributed by atoms with Crippen LogP contribution in [0.3, 0.4) is 0 Å². The maximum absolute atomic E-state index is 11.8. The zero-order valence-corrected chi connectivity index (χ0v) is 29.3. The fourth-order valence-corrected chi connectivity index (χ4v) is 9.92. The molecule has 1 heterocycles. The molecule has 8 nitrogen and oxygen atoms in total. The number of aliphatic carboxylic acids is 2. The van der Waals surface area contributed by atoms with Crippen molar-refractivity contribution in [2.75, 3.05) is 0 Å². The number of phenolic OH excluding ortho intramolecular Hbond substituents is 2. The molecule has 2 N–H and O–H groups in total. The van der Waals surface area contributed by atoms with Crippen molar-refractivity contribution in [2.45, 2.75) is 19.4 Å². The van der Waals surface area contributed by atoms with Crippen LogP contribution in [0.5, 0.6) is 11.5 Å². The fourth-order valence-electron chi connectivity index (χ4n) is 2.63. The molecule has 2 aromatic carbocycles. The molecular formula is C20H15BrHg2O8. The van der Waals surface area contributed by atoms with Gasteiger partial charge in [-0.25, -0.2) is 0 Å². The topological polar surface area (TPSA) is 147 Å². The third-order valence-corrected chi connectivity index (χ3v) is 9.07. The molecule has 0 saturated carbocycles. The number of halogens is 1. The molecule has 11 heteroatoms. The molecule has 3 rings (SSSR count). The van der Waals surface area contributed by atoms with E-state index in [1.807, 2.05) is 24.3 Å². The van der Waals surface area contributed by atoms with Crippen molar-refractivity contribution in [1.29, 1.82) is 0 Å². The Hall–Kier alpha value is -1.46. The summed E-state index contributed by atoms with van der Waals surface area (Å²) >= 11 is 3.61. The number of esters is 1. The van der Waals surface area contributed by atoms with Gasteiger partial charge >= 0.3 is 175 Å². The summed E-state index contributed by atoms with van der Waals surface area (Å²) in [4.78, 5) is 29.6. The summed E-state index contributed by atoms with van der Waals surface area (Å²) in [7, 11) is 0. The SMILES string of the molecule is CC(=O)[O-].CC(=O)[O-].O=C1C=CC(c2ccc(Br)cc2)(c2c[c]([Hg+])c(O)[c]([Hg+])c2O)O1. The van der Waals surface area contributed by atoms with Crippen molar-refractivity contribution in [3.8, 4) is 11.5 Å². The average Bonchev–Trinajstić information content (AvgIpc) is 3.05. The summed E-state index contributed by atoms with van der Waals surface area (Å²) in [5.74, 6) is -2.38. The minimum absolute atomic E-state index is 0.0299. The average molecular weight is 864 g/mol. The third kappa shape index (κ3) is 7.57. The summed E-state index contributed by atoms with van der Waals surface area (Å²) in [6.07, 6.45) is 3.05. The molecule has 2 aromatic rings. The second kappa shape index (κ2) is 12.0. The van der Waals surface area contributed by atoms with Crippen LogP contribution < -0.4 is 16.4 Å². The van der Waals surface area contributed by atoms with Crippen LogP contribution in [0.4, 0.5) is 0 Å². The Morgan fingerprint density at radius 1 is 1.03 bits per heavy atom. The van der Waals surface area contributed by atoms with Gasteiger partial charge in [-0.05, 0) is 13.8 Å². The van der Waals surface area contributed by atoms with E-state index in [4.69, 9.17) is 24.5 Å². The quantitative estimate of drug-likeness (QED) is 0.292. The van der Waals surface area contributed by atoms with Gasteiger partial charge < -0.3 is 19.8 Å². The summed E-state index contributed by atoms with van der Waals surface area (Å²) in [5, 5.41) is 38.5. The van der Waals surface area contributed by atoms with Gasteiger partial charge in [-0.1, -0.05) is 0 Å². The predicted molar refractivity (Wildman–Crippen MR) is 101 cm³/mol. The fraction of sp³-hybridized carbons (Fsp3) is 0.150. The van der Waals surface area contributed by atoms with E-state index in [0.717, 1.165) is 27.0 Å². The first-order valence-electron chi connectivity index (χ1n) is 8.58. The van der Waals surface area contributed by atoms with Gasteiger partial charge in [0.1, 0.15) is 0 Å². The molecule has 1 aliphatic heterocycles. The van der Waals surface area contributed by atoms with E-state index in [1.165, 1.54) is 6.08 Å². The third-order valence-electron chi connectivity index (χ3n) is 3.84. The van der Waals surface area contributed by atoms with Gasteiger partial charge in [-0.3, -0.25) is 0 Å².